The number of carbonyl (C=O) groups excluding carboxylic acids is 1. The van der Waals surface area contributed by atoms with E-state index in [1.54, 1.807) is 16.2 Å². The lowest BCUT2D eigenvalue weighted by Crippen LogP contribution is -2.28. The molecule has 0 aliphatic rings. The topological polar surface area (TPSA) is 58.1 Å². The molecular weight excluding hydrogens is 396 g/mol. The van der Waals surface area contributed by atoms with Gasteiger partial charge < -0.3 is 10.2 Å². The maximum Gasteiger partial charge on any atom is 0.233 e. The van der Waals surface area contributed by atoms with Crippen LogP contribution in [0.2, 0.25) is 0 Å². The van der Waals surface area contributed by atoms with E-state index in [0.717, 1.165) is 22.4 Å². The molecule has 3 aromatic rings. The average Bonchev–Trinajstić information content (AvgIpc) is 3.34. The molecule has 8 heteroatoms. The Hall–Kier alpha value is -1.90. The Labute approximate surface area is 171 Å². The van der Waals surface area contributed by atoms with E-state index in [9.17, 15) is 4.79 Å². The van der Waals surface area contributed by atoms with Crippen LogP contribution in [0.15, 0.2) is 46.1 Å². The van der Waals surface area contributed by atoms with Crippen molar-refractivity contribution < 1.29 is 4.79 Å². The predicted molar refractivity (Wildman–Crippen MR) is 115 cm³/mol. The maximum atomic E-state index is 12.4. The Kier molecular flexibility index (Phi) is 7.25. The van der Waals surface area contributed by atoms with Gasteiger partial charge in [0, 0.05) is 25.0 Å². The van der Waals surface area contributed by atoms with Crippen LogP contribution in [0, 0.1) is 6.92 Å². The molecule has 5 nitrogen and oxygen atoms in total. The van der Waals surface area contributed by atoms with E-state index in [1.807, 2.05) is 19.2 Å². The van der Waals surface area contributed by atoms with Gasteiger partial charge in [0.15, 0.2) is 4.34 Å². The first-order valence-electron chi connectivity index (χ1n) is 8.63. The third kappa shape index (κ3) is 6.05. The molecule has 0 saturated carbocycles. The molecule has 1 aromatic carbocycles. The van der Waals surface area contributed by atoms with Gasteiger partial charge in [-0.05, 0) is 35.9 Å². The van der Waals surface area contributed by atoms with Crippen LogP contribution in [0.1, 0.15) is 16.0 Å². The number of hydrogen-bond donors (Lipinski definition) is 1. The molecule has 0 radical (unpaired) electrons. The van der Waals surface area contributed by atoms with Gasteiger partial charge in [-0.25, -0.2) is 0 Å². The number of nitrogens with zero attached hydrogens (tertiary/aromatic N) is 3. The normalized spacial score (nSPS) is 10.7. The van der Waals surface area contributed by atoms with Crippen LogP contribution in [0.3, 0.4) is 0 Å². The predicted octanol–water partition coefficient (Wildman–Crippen LogP) is 4.31. The zero-order chi connectivity index (χ0) is 19.1. The summed E-state index contributed by atoms with van der Waals surface area (Å²) in [6, 6.07) is 12.3. The van der Waals surface area contributed by atoms with Crippen LogP contribution < -0.4 is 5.32 Å². The number of thioether (sulfide) groups is 1. The number of aromatic nitrogens is 2. The van der Waals surface area contributed by atoms with Gasteiger partial charge in [-0.1, -0.05) is 53.4 Å². The number of anilines is 1. The number of thiophene rings is 1. The lowest BCUT2D eigenvalue weighted by Gasteiger charge is -2.18. The molecule has 3 rings (SSSR count). The van der Waals surface area contributed by atoms with Crippen LogP contribution in [-0.2, 0) is 17.8 Å². The van der Waals surface area contributed by atoms with Crippen LogP contribution >= 0.6 is 34.4 Å². The summed E-state index contributed by atoms with van der Waals surface area (Å²) in [6.45, 7) is 3.52. The zero-order valence-electron chi connectivity index (χ0n) is 15.3. The third-order valence-electron chi connectivity index (χ3n) is 4.05. The summed E-state index contributed by atoms with van der Waals surface area (Å²) in [5.41, 5.74) is 2.37. The Balaban J connectivity index is 1.42. The van der Waals surface area contributed by atoms with E-state index < -0.39 is 0 Å². The van der Waals surface area contributed by atoms with Gasteiger partial charge >= 0.3 is 0 Å². The lowest BCUT2D eigenvalue weighted by atomic mass is 10.1. The van der Waals surface area contributed by atoms with Gasteiger partial charge in [-0.2, -0.15) is 0 Å². The molecule has 2 heterocycles. The van der Waals surface area contributed by atoms with Crippen LogP contribution in [0.25, 0.3) is 0 Å². The summed E-state index contributed by atoms with van der Waals surface area (Å²) in [4.78, 5) is 15.5. The summed E-state index contributed by atoms with van der Waals surface area (Å²) in [5.74, 6) is 0.456. The number of hydrogen-bond acceptors (Lipinski definition) is 7. The van der Waals surface area contributed by atoms with Crippen molar-refractivity contribution in [2.45, 2.75) is 24.2 Å². The second-order valence-corrected chi connectivity index (χ2v) is 9.33. The number of aryl methyl sites for hydroxylation is 1. The monoisotopic (exact) mass is 418 g/mol. The molecule has 0 fully saturated rings. The quantitative estimate of drug-likeness (QED) is 0.525. The summed E-state index contributed by atoms with van der Waals surface area (Å²) in [5, 5.41) is 14.5. The van der Waals surface area contributed by atoms with Gasteiger partial charge in [0.25, 0.3) is 0 Å². The standard InChI is InChI=1S/C19H22N4OS3/c1-14-6-3-4-7-15(14)12-23(2)17(24)13-26-19-22-21-18(27-19)20-10-9-16-8-5-11-25-16/h3-8,11H,9-10,12-13H2,1-2H3,(H,20,21). The van der Waals surface area contributed by atoms with Gasteiger partial charge in [0.2, 0.25) is 11.0 Å². The van der Waals surface area contributed by atoms with Crippen LogP contribution in [0.4, 0.5) is 5.13 Å². The molecule has 0 bridgehead atoms. The minimum absolute atomic E-state index is 0.0886. The van der Waals surface area contributed by atoms with Crippen molar-refractivity contribution in [1.82, 2.24) is 15.1 Å². The molecule has 0 aliphatic carbocycles. The molecule has 142 valence electrons. The fourth-order valence-corrected chi connectivity index (χ4v) is 4.88. The molecule has 1 amide bonds. The van der Waals surface area contributed by atoms with E-state index in [1.165, 1.54) is 39.1 Å². The van der Waals surface area contributed by atoms with Crippen LogP contribution in [-0.4, -0.2) is 40.3 Å². The average molecular weight is 419 g/mol. The Morgan fingerprint density at radius 2 is 2.07 bits per heavy atom. The van der Waals surface area contributed by atoms with Crippen LogP contribution in [0.5, 0.6) is 0 Å². The summed E-state index contributed by atoms with van der Waals surface area (Å²) in [7, 11) is 1.84. The number of nitrogens with one attached hydrogen (secondary N) is 1. The second kappa shape index (κ2) is 9.87. The van der Waals surface area contributed by atoms with E-state index in [-0.39, 0.29) is 5.91 Å². The third-order valence-corrected chi connectivity index (χ3v) is 6.98. The first-order chi connectivity index (χ1) is 13.1. The fourth-order valence-electron chi connectivity index (χ4n) is 2.45. The first-order valence-corrected chi connectivity index (χ1v) is 11.3. The molecule has 1 N–H and O–H groups in total. The SMILES string of the molecule is Cc1ccccc1CN(C)C(=O)CSc1nnc(NCCc2cccs2)s1. The zero-order valence-corrected chi connectivity index (χ0v) is 17.8. The summed E-state index contributed by atoms with van der Waals surface area (Å²) >= 11 is 4.69. The molecule has 0 unspecified atom stereocenters. The number of rotatable bonds is 9. The lowest BCUT2D eigenvalue weighted by molar-refractivity contribution is -0.127. The van der Waals surface area contributed by atoms with E-state index in [0.29, 0.717) is 12.3 Å². The van der Waals surface area contributed by atoms with E-state index in [2.05, 4.69) is 52.1 Å². The Morgan fingerprint density at radius 1 is 1.22 bits per heavy atom. The first kappa shape index (κ1) is 19.9. The van der Waals surface area contributed by atoms with Crippen molar-refractivity contribution in [3.63, 3.8) is 0 Å². The van der Waals surface area contributed by atoms with Crippen molar-refractivity contribution in [1.29, 1.82) is 0 Å². The Morgan fingerprint density at radius 3 is 2.85 bits per heavy atom. The highest BCUT2D eigenvalue weighted by atomic mass is 32.2. The minimum atomic E-state index is 0.0886. The van der Waals surface area contributed by atoms with Crippen molar-refractivity contribution >= 4 is 45.5 Å². The van der Waals surface area contributed by atoms with Gasteiger partial charge in [0.05, 0.1) is 5.75 Å². The molecule has 0 saturated heterocycles. The Bertz CT molecular complexity index is 863. The van der Waals surface area contributed by atoms with Gasteiger partial charge in [-0.3, -0.25) is 4.79 Å². The molecule has 2 aromatic heterocycles. The second-order valence-electron chi connectivity index (χ2n) is 6.09. The van der Waals surface area contributed by atoms with E-state index >= 15 is 0 Å². The molecule has 0 spiro atoms. The van der Waals surface area contributed by atoms with E-state index in [4.69, 9.17) is 0 Å². The fraction of sp³-hybridized carbons (Fsp3) is 0.316. The highest BCUT2D eigenvalue weighted by Gasteiger charge is 2.13. The molecule has 0 atom stereocenters. The largest absolute Gasteiger partial charge is 0.360 e. The molecule has 0 aliphatic heterocycles. The highest BCUT2D eigenvalue weighted by Crippen LogP contribution is 2.26. The highest BCUT2D eigenvalue weighted by molar-refractivity contribution is 8.01. The summed E-state index contributed by atoms with van der Waals surface area (Å²) in [6.07, 6.45) is 0.974. The maximum absolute atomic E-state index is 12.4. The number of benzene rings is 1. The smallest absolute Gasteiger partial charge is 0.233 e. The van der Waals surface area contributed by atoms with Crippen molar-refractivity contribution in [2.75, 3.05) is 24.7 Å². The molecular formula is C19H22N4OS3. The van der Waals surface area contributed by atoms with Crippen molar-refractivity contribution in [3.05, 3.63) is 57.8 Å². The number of carbonyl (C=O) groups is 1. The van der Waals surface area contributed by atoms with Crippen molar-refractivity contribution in [3.8, 4) is 0 Å². The molecule has 27 heavy (non-hydrogen) atoms. The van der Waals surface area contributed by atoms with Gasteiger partial charge in [-0.15, -0.1) is 21.5 Å². The summed E-state index contributed by atoms with van der Waals surface area (Å²) < 4.78 is 0.811. The minimum Gasteiger partial charge on any atom is -0.360 e. The van der Waals surface area contributed by atoms with Gasteiger partial charge in [0.1, 0.15) is 0 Å². The number of amides is 1. The van der Waals surface area contributed by atoms with Crippen molar-refractivity contribution in [2.24, 2.45) is 0 Å².